The van der Waals surface area contributed by atoms with E-state index in [1.807, 2.05) is 24.3 Å². The molecule has 0 aromatic heterocycles. The van der Waals surface area contributed by atoms with Crippen molar-refractivity contribution in [1.82, 2.24) is 0 Å². The van der Waals surface area contributed by atoms with E-state index in [1.54, 1.807) is 6.07 Å². The molecule has 1 atom stereocenters. The molecule has 0 fully saturated rings. The van der Waals surface area contributed by atoms with Crippen LogP contribution in [0.15, 0.2) is 49.0 Å². The van der Waals surface area contributed by atoms with Crippen molar-refractivity contribution in [2.75, 3.05) is 25.1 Å². The minimum absolute atomic E-state index is 0.185. The molecule has 2 aromatic rings. The number of hydrogen-bond acceptors (Lipinski definition) is 3. The first-order valence-corrected chi connectivity index (χ1v) is 8.07. The van der Waals surface area contributed by atoms with Crippen LogP contribution in [0.1, 0.15) is 33.2 Å². The molecule has 1 aliphatic heterocycles. The zero-order valence-electron chi connectivity index (χ0n) is 13.9. The van der Waals surface area contributed by atoms with E-state index in [2.05, 4.69) is 36.7 Å². The summed E-state index contributed by atoms with van der Waals surface area (Å²) in [6.45, 7) is 5.22. The monoisotopic (exact) mass is 322 g/mol. The predicted octanol–water partition coefficient (Wildman–Crippen LogP) is 3.18. The molecule has 0 bridgehead atoms. The normalized spacial score (nSPS) is 17.5. The van der Waals surface area contributed by atoms with Gasteiger partial charge in [0.05, 0.1) is 12.7 Å². The maximum Gasteiger partial charge on any atom is 0.249 e. The van der Waals surface area contributed by atoms with Gasteiger partial charge in [0.15, 0.2) is 0 Å². The van der Waals surface area contributed by atoms with Crippen molar-refractivity contribution in [3.8, 4) is 0 Å². The second-order valence-electron chi connectivity index (χ2n) is 6.03. The third-order valence-electron chi connectivity index (χ3n) is 4.48. The Kier molecular flexibility index (Phi) is 4.67. The molecule has 4 heteroatoms. The Morgan fingerprint density at radius 2 is 2.12 bits per heavy atom. The van der Waals surface area contributed by atoms with E-state index < -0.39 is 5.91 Å². The van der Waals surface area contributed by atoms with Gasteiger partial charge in [-0.3, -0.25) is 4.79 Å². The minimum Gasteiger partial charge on any atom is -0.372 e. The van der Waals surface area contributed by atoms with Crippen molar-refractivity contribution in [1.29, 1.82) is 0 Å². The molecule has 1 aliphatic rings. The Hall–Kier alpha value is -2.59. The summed E-state index contributed by atoms with van der Waals surface area (Å²) in [6, 6.07) is 13.7. The third kappa shape index (κ3) is 3.19. The maximum atomic E-state index is 11.7. The highest BCUT2D eigenvalue weighted by molar-refractivity contribution is 5.94. The molecule has 0 saturated carbocycles. The number of ether oxygens (including phenoxy) is 1. The summed E-state index contributed by atoms with van der Waals surface area (Å²) in [6.07, 6.45) is 2.36. The van der Waals surface area contributed by atoms with Crippen LogP contribution < -0.4 is 10.6 Å². The van der Waals surface area contributed by atoms with Gasteiger partial charge in [-0.05, 0) is 28.8 Å². The van der Waals surface area contributed by atoms with E-state index in [1.165, 1.54) is 11.3 Å². The summed E-state index contributed by atoms with van der Waals surface area (Å²) in [7, 11) is 2.06. The summed E-state index contributed by atoms with van der Waals surface area (Å²) in [5, 5.41) is 0. The number of nitrogens with two attached hydrogens (primary N) is 1. The van der Waals surface area contributed by atoms with E-state index in [9.17, 15) is 4.79 Å². The van der Waals surface area contributed by atoms with E-state index >= 15 is 0 Å². The van der Waals surface area contributed by atoms with E-state index in [0.717, 1.165) is 17.7 Å². The van der Waals surface area contributed by atoms with Crippen molar-refractivity contribution >= 4 is 17.7 Å². The SMILES string of the molecule is C=Cc1ccc2c(c1)N(C)CCOC(c1ccccc1C(N)=O)C2. The fraction of sp³-hybridized carbons (Fsp3) is 0.250. The van der Waals surface area contributed by atoms with Crippen LogP contribution in [0.4, 0.5) is 5.69 Å². The number of carbonyl (C=O) groups is 1. The average molecular weight is 322 g/mol. The highest BCUT2D eigenvalue weighted by atomic mass is 16.5. The van der Waals surface area contributed by atoms with Crippen LogP contribution in [0.3, 0.4) is 0 Å². The van der Waals surface area contributed by atoms with E-state index in [-0.39, 0.29) is 6.10 Å². The number of anilines is 1. The number of amides is 1. The predicted molar refractivity (Wildman–Crippen MR) is 97.2 cm³/mol. The molecule has 4 nitrogen and oxygen atoms in total. The molecule has 0 spiro atoms. The molecule has 24 heavy (non-hydrogen) atoms. The Bertz CT molecular complexity index is 770. The van der Waals surface area contributed by atoms with Crippen molar-refractivity contribution in [2.24, 2.45) is 5.73 Å². The summed E-state index contributed by atoms with van der Waals surface area (Å²) >= 11 is 0. The fourth-order valence-corrected chi connectivity index (χ4v) is 3.15. The van der Waals surface area contributed by atoms with Gasteiger partial charge in [-0.2, -0.15) is 0 Å². The number of primary amides is 1. The lowest BCUT2D eigenvalue weighted by molar-refractivity contribution is 0.0550. The largest absolute Gasteiger partial charge is 0.372 e. The van der Waals surface area contributed by atoms with Crippen LogP contribution in [0.5, 0.6) is 0 Å². The number of hydrogen-bond donors (Lipinski definition) is 1. The number of carbonyl (C=O) groups excluding carboxylic acids is 1. The molecule has 1 unspecified atom stereocenters. The molecular weight excluding hydrogens is 300 g/mol. The molecule has 3 rings (SSSR count). The molecule has 2 aromatic carbocycles. The molecular formula is C20H22N2O2. The summed E-state index contributed by atoms with van der Waals surface area (Å²) < 4.78 is 6.07. The van der Waals surface area contributed by atoms with Gasteiger partial charge in [0.25, 0.3) is 0 Å². The lowest BCUT2D eigenvalue weighted by atomic mass is 9.94. The van der Waals surface area contributed by atoms with Gasteiger partial charge in [-0.15, -0.1) is 0 Å². The summed E-state index contributed by atoms with van der Waals surface area (Å²) in [5.41, 5.74) is 10.4. The van der Waals surface area contributed by atoms with Gasteiger partial charge >= 0.3 is 0 Å². The number of nitrogens with zero attached hydrogens (tertiary/aromatic N) is 1. The third-order valence-corrected chi connectivity index (χ3v) is 4.48. The maximum absolute atomic E-state index is 11.7. The topological polar surface area (TPSA) is 55.6 Å². The minimum atomic E-state index is -0.421. The summed E-state index contributed by atoms with van der Waals surface area (Å²) in [5.74, 6) is -0.421. The van der Waals surface area contributed by atoms with Crippen molar-refractivity contribution in [3.63, 3.8) is 0 Å². The van der Waals surface area contributed by atoms with Crippen LogP contribution in [-0.2, 0) is 11.2 Å². The highest BCUT2D eigenvalue weighted by Gasteiger charge is 2.23. The molecule has 1 heterocycles. The average Bonchev–Trinajstić information content (AvgIpc) is 2.59. The molecule has 0 saturated heterocycles. The molecule has 1 amide bonds. The lowest BCUT2D eigenvalue weighted by Crippen LogP contribution is -2.28. The number of fused-ring (bicyclic) bond motifs is 1. The van der Waals surface area contributed by atoms with Crippen LogP contribution in [0, 0.1) is 0 Å². The number of benzene rings is 2. The molecule has 0 radical (unpaired) electrons. The van der Waals surface area contributed by atoms with Crippen LogP contribution in [0.25, 0.3) is 6.08 Å². The van der Waals surface area contributed by atoms with E-state index in [0.29, 0.717) is 18.6 Å². The second kappa shape index (κ2) is 6.89. The number of rotatable bonds is 3. The van der Waals surface area contributed by atoms with Gasteiger partial charge in [-0.25, -0.2) is 0 Å². The first-order chi connectivity index (χ1) is 11.6. The molecule has 124 valence electrons. The van der Waals surface area contributed by atoms with Gasteiger partial charge in [0, 0.05) is 31.3 Å². The quantitative estimate of drug-likeness (QED) is 0.944. The fourth-order valence-electron chi connectivity index (χ4n) is 3.15. The Labute approximate surface area is 142 Å². The number of likely N-dealkylation sites (N-methyl/N-ethyl adjacent to an activating group) is 1. The lowest BCUT2D eigenvalue weighted by Gasteiger charge is -2.30. The molecule has 2 N–H and O–H groups in total. The van der Waals surface area contributed by atoms with Crippen molar-refractivity contribution < 1.29 is 9.53 Å². The first kappa shape index (κ1) is 16.3. The second-order valence-corrected chi connectivity index (χ2v) is 6.03. The van der Waals surface area contributed by atoms with Crippen LogP contribution in [-0.4, -0.2) is 26.1 Å². The van der Waals surface area contributed by atoms with Crippen molar-refractivity contribution in [2.45, 2.75) is 12.5 Å². The summed E-state index contributed by atoms with van der Waals surface area (Å²) in [4.78, 5) is 13.9. The zero-order chi connectivity index (χ0) is 17.1. The van der Waals surface area contributed by atoms with Gasteiger partial charge in [0.2, 0.25) is 5.91 Å². The first-order valence-electron chi connectivity index (χ1n) is 8.07. The van der Waals surface area contributed by atoms with Crippen LogP contribution >= 0.6 is 0 Å². The van der Waals surface area contributed by atoms with Gasteiger partial charge < -0.3 is 15.4 Å². The van der Waals surface area contributed by atoms with Crippen LogP contribution in [0.2, 0.25) is 0 Å². The van der Waals surface area contributed by atoms with Gasteiger partial charge in [0.1, 0.15) is 0 Å². The Morgan fingerprint density at radius 1 is 1.33 bits per heavy atom. The standard InChI is InChI=1S/C20H22N2O2/c1-3-14-8-9-15-13-19(24-11-10-22(2)18(15)12-14)16-6-4-5-7-17(16)20(21)23/h3-9,12,19H,1,10-11,13H2,2H3,(H2,21,23). The van der Waals surface area contributed by atoms with Gasteiger partial charge in [-0.1, -0.05) is 43.0 Å². The highest BCUT2D eigenvalue weighted by Crippen LogP contribution is 2.32. The zero-order valence-corrected chi connectivity index (χ0v) is 13.9. The van der Waals surface area contributed by atoms with E-state index in [4.69, 9.17) is 10.5 Å². The molecule has 0 aliphatic carbocycles. The Balaban J connectivity index is 2.02. The Morgan fingerprint density at radius 3 is 2.88 bits per heavy atom. The smallest absolute Gasteiger partial charge is 0.249 e. The van der Waals surface area contributed by atoms with Crippen molar-refractivity contribution in [3.05, 3.63) is 71.3 Å².